The zero-order chi connectivity index (χ0) is 12.7. The molecule has 6 heteroatoms. The van der Waals surface area contributed by atoms with E-state index in [1.807, 2.05) is 0 Å². The molecule has 2 aliphatic carbocycles. The highest BCUT2D eigenvalue weighted by Crippen LogP contribution is 2.63. The Kier molecular flexibility index (Phi) is 3.29. The molecule has 1 unspecified atom stereocenters. The molecule has 17 heavy (non-hydrogen) atoms. The number of halogens is 2. The van der Waals surface area contributed by atoms with Crippen LogP contribution in [0.15, 0.2) is 0 Å². The Morgan fingerprint density at radius 3 is 2.24 bits per heavy atom. The van der Waals surface area contributed by atoms with E-state index >= 15 is 0 Å². The number of rotatable bonds is 5. The number of amides is 2. The zero-order valence-corrected chi connectivity index (χ0v) is 11.2. The van der Waals surface area contributed by atoms with E-state index in [-0.39, 0.29) is 17.7 Å². The summed E-state index contributed by atoms with van der Waals surface area (Å²) in [6, 6.07) is 0. The molecule has 0 aromatic rings. The second-order valence-electron chi connectivity index (χ2n) is 5.03. The van der Waals surface area contributed by atoms with Gasteiger partial charge in [0.05, 0.1) is 5.41 Å². The van der Waals surface area contributed by atoms with Crippen LogP contribution >= 0.6 is 23.2 Å². The van der Waals surface area contributed by atoms with Gasteiger partial charge in [0.15, 0.2) is 0 Å². The molecule has 2 rings (SSSR count). The minimum Gasteiger partial charge on any atom is -0.354 e. The molecule has 0 aliphatic heterocycles. The summed E-state index contributed by atoms with van der Waals surface area (Å²) in [5, 5.41) is 5.51. The summed E-state index contributed by atoms with van der Waals surface area (Å²) in [5.41, 5.74) is -0.684. The number of nitrogens with one attached hydrogen (secondary N) is 2. The highest BCUT2D eigenvalue weighted by molar-refractivity contribution is 6.53. The molecule has 0 bridgehead atoms. The number of hydrogen-bond acceptors (Lipinski definition) is 2. The van der Waals surface area contributed by atoms with Crippen LogP contribution in [0.4, 0.5) is 0 Å². The normalized spacial score (nSPS) is 29.6. The fraction of sp³-hybridized carbons (Fsp3) is 0.818. The molecule has 0 aromatic carbocycles. The van der Waals surface area contributed by atoms with Gasteiger partial charge in [-0.05, 0) is 26.2 Å². The van der Waals surface area contributed by atoms with Crippen LogP contribution in [0.1, 0.15) is 26.2 Å². The van der Waals surface area contributed by atoms with Crippen LogP contribution in [0.25, 0.3) is 0 Å². The monoisotopic (exact) mass is 278 g/mol. The Bertz CT molecular complexity index is 355. The van der Waals surface area contributed by atoms with Crippen molar-refractivity contribution in [2.45, 2.75) is 30.5 Å². The maximum atomic E-state index is 11.7. The largest absolute Gasteiger partial charge is 0.354 e. The Hall–Kier alpha value is -0.480. The molecule has 2 amide bonds. The van der Waals surface area contributed by atoms with E-state index in [9.17, 15) is 9.59 Å². The predicted octanol–water partition coefficient (Wildman–Crippen LogP) is 1.21. The average molecular weight is 279 g/mol. The maximum absolute atomic E-state index is 11.7. The van der Waals surface area contributed by atoms with Crippen molar-refractivity contribution in [3.05, 3.63) is 0 Å². The first-order valence-electron chi connectivity index (χ1n) is 5.81. The number of carbonyl (C=O) groups excluding carboxylic acids is 2. The molecule has 0 radical (unpaired) electrons. The van der Waals surface area contributed by atoms with Crippen LogP contribution in [0.3, 0.4) is 0 Å². The van der Waals surface area contributed by atoms with Crippen molar-refractivity contribution in [1.29, 1.82) is 0 Å². The van der Waals surface area contributed by atoms with Gasteiger partial charge in [-0.3, -0.25) is 9.59 Å². The second kappa shape index (κ2) is 4.32. The SMILES string of the molecule is CC1(C(=O)NCCNC(=O)C2CC2)CC1(Cl)Cl. The first kappa shape index (κ1) is 13.0. The summed E-state index contributed by atoms with van der Waals surface area (Å²) < 4.78 is -0.936. The first-order valence-corrected chi connectivity index (χ1v) is 6.56. The molecule has 1 atom stereocenters. The zero-order valence-electron chi connectivity index (χ0n) is 9.69. The van der Waals surface area contributed by atoms with Gasteiger partial charge in [-0.1, -0.05) is 0 Å². The molecule has 96 valence electrons. The third-order valence-corrected chi connectivity index (χ3v) is 4.52. The maximum Gasteiger partial charge on any atom is 0.229 e. The number of hydrogen-bond donors (Lipinski definition) is 2. The topological polar surface area (TPSA) is 58.2 Å². The summed E-state index contributed by atoms with van der Waals surface area (Å²) in [6.45, 7) is 2.61. The Labute approximate surface area is 110 Å². The molecule has 0 spiro atoms. The number of carbonyl (C=O) groups is 2. The van der Waals surface area contributed by atoms with E-state index in [1.54, 1.807) is 6.92 Å². The van der Waals surface area contributed by atoms with Crippen molar-refractivity contribution < 1.29 is 9.59 Å². The van der Waals surface area contributed by atoms with Crippen molar-refractivity contribution in [1.82, 2.24) is 10.6 Å². The lowest BCUT2D eigenvalue weighted by atomic mass is 10.1. The molecule has 2 fully saturated rings. The van der Waals surface area contributed by atoms with E-state index in [0.29, 0.717) is 19.5 Å². The highest BCUT2D eigenvalue weighted by atomic mass is 35.5. The van der Waals surface area contributed by atoms with Crippen LogP contribution < -0.4 is 10.6 Å². The van der Waals surface area contributed by atoms with Crippen molar-refractivity contribution in [2.75, 3.05) is 13.1 Å². The van der Waals surface area contributed by atoms with Crippen LogP contribution in [0.2, 0.25) is 0 Å². The predicted molar refractivity (Wildman–Crippen MR) is 65.9 cm³/mol. The van der Waals surface area contributed by atoms with Crippen LogP contribution in [0, 0.1) is 11.3 Å². The molecule has 0 aromatic heterocycles. The van der Waals surface area contributed by atoms with E-state index in [4.69, 9.17) is 23.2 Å². The molecular formula is C11H16Cl2N2O2. The summed E-state index contributed by atoms with van der Waals surface area (Å²) in [4.78, 5) is 23.0. The van der Waals surface area contributed by atoms with E-state index in [2.05, 4.69) is 10.6 Å². The van der Waals surface area contributed by atoms with Gasteiger partial charge in [-0.25, -0.2) is 0 Å². The lowest BCUT2D eigenvalue weighted by Gasteiger charge is -2.12. The second-order valence-corrected chi connectivity index (χ2v) is 6.52. The van der Waals surface area contributed by atoms with Gasteiger partial charge < -0.3 is 10.6 Å². The summed E-state index contributed by atoms with van der Waals surface area (Å²) in [7, 11) is 0. The quantitative estimate of drug-likeness (QED) is 0.587. The summed E-state index contributed by atoms with van der Waals surface area (Å²) in [5.74, 6) is 0.133. The Morgan fingerprint density at radius 2 is 1.76 bits per heavy atom. The van der Waals surface area contributed by atoms with Crippen molar-refractivity contribution in [2.24, 2.45) is 11.3 Å². The van der Waals surface area contributed by atoms with E-state index in [1.165, 1.54) is 0 Å². The van der Waals surface area contributed by atoms with Gasteiger partial charge in [0.25, 0.3) is 0 Å². The standard InChI is InChI=1S/C11H16Cl2N2O2/c1-10(6-11(10,12)13)9(17)15-5-4-14-8(16)7-2-3-7/h7H,2-6H2,1H3,(H,14,16)(H,15,17). The van der Waals surface area contributed by atoms with Gasteiger partial charge in [0, 0.05) is 19.0 Å². The van der Waals surface area contributed by atoms with E-state index in [0.717, 1.165) is 12.8 Å². The lowest BCUT2D eigenvalue weighted by molar-refractivity contribution is -0.126. The lowest BCUT2D eigenvalue weighted by Crippen LogP contribution is -2.39. The molecular weight excluding hydrogens is 263 g/mol. The van der Waals surface area contributed by atoms with Gasteiger partial charge >= 0.3 is 0 Å². The van der Waals surface area contributed by atoms with Crippen LogP contribution in [0.5, 0.6) is 0 Å². The van der Waals surface area contributed by atoms with Gasteiger partial charge in [-0.2, -0.15) is 0 Å². The minimum atomic E-state index is -0.936. The van der Waals surface area contributed by atoms with Gasteiger partial charge in [-0.15, -0.1) is 23.2 Å². The Morgan fingerprint density at radius 1 is 1.24 bits per heavy atom. The third-order valence-electron chi connectivity index (χ3n) is 3.42. The molecule has 2 aliphatic rings. The first-order chi connectivity index (χ1) is 7.87. The summed E-state index contributed by atoms with van der Waals surface area (Å²) in [6.07, 6.45) is 2.44. The van der Waals surface area contributed by atoms with E-state index < -0.39 is 9.75 Å². The molecule has 2 saturated carbocycles. The Balaban J connectivity index is 1.62. The third kappa shape index (κ3) is 2.68. The average Bonchev–Trinajstić information content (AvgIpc) is 3.11. The van der Waals surface area contributed by atoms with Crippen molar-refractivity contribution in [3.63, 3.8) is 0 Å². The van der Waals surface area contributed by atoms with Crippen LogP contribution in [-0.2, 0) is 9.59 Å². The molecule has 0 saturated heterocycles. The highest BCUT2D eigenvalue weighted by Gasteiger charge is 2.67. The minimum absolute atomic E-state index is 0.0842. The molecule has 0 heterocycles. The van der Waals surface area contributed by atoms with Crippen molar-refractivity contribution >= 4 is 35.0 Å². The molecule has 4 nitrogen and oxygen atoms in total. The van der Waals surface area contributed by atoms with Gasteiger partial charge in [0.1, 0.15) is 4.33 Å². The van der Waals surface area contributed by atoms with Crippen LogP contribution in [-0.4, -0.2) is 29.2 Å². The van der Waals surface area contributed by atoms with Crippen molar-refractivity contribution in [3.8, 4) is 0 Å². The molecule has 2 N–H and O–H groups in total. The smallest absolute Gasteiger partial charge is 0.229 e. The number of alkyl halides is 2. The van der Waals surface area contributed by atoms with Gasteiger partial charge in [0.2, 0.25) is 11.8 Å². The summed E-state index contributed by atoms with van der Waals surface area (Å²) >= 11 is 11.8. The fourth-order valence-electron chi connectivity index (χ4n) is 1.69. The fourth-order valence-corrected chi connectivity index (χ4v) is 2.40.